The summed E-state index contributed by atoms with van der Waals surface area (Å²) in [6, 6.07) is 2.39. The van der Waals surface area contributed by atoms with Crippen LogP contribution in [0.1, 0.15) is 75.3 Å². The lowest BCUT2D eigenvalue weighted by molar-refractivity contribution is 0.205. The van der Waals surface area contributed by atoms with Crippen molar-refractivity contribution in [3.05, 3.63) is 33.3 Å². The van der Waals surface area contributed by atoms with E-state index in [9.17, 15) is 19.8 Å². The number of benzene rings is 2. The Morgan fingerprint density at radius 2 is 0.977 bits per heavy atom. The highest BCUT2D eigenvalue weighted by molar-refractivity contribution is 7.79. The Labute approximate surface area is 258 Å². The number of hydrogen-bond donors (Lipinski definition) is 10. The summed E-state index contributed by atoms with van der Waals surface area (Å²) in [7, 11) is -4.67. The number of rotatable bonds is 0. The molecule has 2 saturated carbocycles. The average Bonchev–Trinajstić information content (AvgIpc) is 2.90. The first kappa shape index (κ1) is 32.5. The van der Waals surface area contributed by atoms with Crippen molar-refractivity contribution in [3.63, 3.8) is 0 Å². The number of fused-ring (bicyclic) bond motifs is 4. The molecule has 4 aliphatic rings. The Bertz CT molecular complexity index is 1440. The molecule has 12 N–H and O–H groups in total. The first-order valence-electron chi connectivity index (χ1n) is 13.6. The second-order valence-electron chi connectivity index (χ2n) is 11.0. The Morgan fingerprint density at radius 3 is 1.28 bits per heavy atom. The largest absolute Gasteiger partial charge is 0.505 e. The molecule has 4 amide bonds. The van der Waals surface area contributed by atoms with Crippen molar-refractivity contribution >= 4 is 68.4 Å². The van der Waals surface area contributed by atoms with E-state index in [4.69, 9.17) is 52.2 Å². The third kappa shape index (κ3) is 6.91. The van der Waals surface area contributed by atoms with Crippen molar-refractivity contribution in [2.75, 3.05) is 22.1 Å². The standard InChI is InChI=1S/2C13H16ClN3O2.H2O4S/c2*14-7-6-8(15)11(18)9-10(7)16-12(19)17-13(9)4-2-1-3-5-13;1-5(2,3)4/h2*6,18H,1-5,15H2,(H2,16,17,19);(H2,1,2,3,4). The maximum Gasteiger partial charge on any atom is 0.394 e. The van der Waals surface area contributed by atoms with Gasteiger partial charge in [0, 0.05) is 11.1 Å². The summed E-state index contributed by atoms with van der Waals surface area (Å²) in [4.78, 5) is 23.7. The predicted molar refractivity (Wildman–Crippen MR) is 163 cm³/mol. The minimum atomic E-state index is -4.67. The number of nitrogen functional groups attached to an aromatic ring is 2. The number of nitrogens with one attached hydrogen (secondary N) is 4. The predicted octanol–water partition coefficient (Wildman–Crippen LogP) is 5.19. The van der Waals surface area contributed by atoms with Gasteiger partial charge in [0.2, 0.25) is 0 Å². The molecule has 2 heterocycles. The normalized spacial score (nSPS) is 19.5. The van der Waals surface area contributed by atoms with E-state index >= 15 is 0 Å². The first-order valence-corrected chi connectivity index (χ1v) is 15.7. The Hall–Kier alpha value is -3.37. The third-order valence-electron chi connectivity index (χ3n) is 8.12. The summed E-state index contributed by atoms with van der Waals surface area (Å²) in [6.45, 7) is 0. The Morgan fingerprint density at radius 1 is 0.674 bits per heavy atom. The summed E-state index contributed by atoms with van der Waals surface area (Å²) in [5.74, 6) is 0.0441. The van der Waals surface area contributed by atoms with Crippen LogP contribution in [0.3, 0.4) is 0 Å². The Balaban J connectivity index is 0.000000171. The number of aromatic hydroxyl groups is 2. The summed E-state index contributed by atoms with van der Waals surface area (Å²) in [5.41, 5.74) is 13.2. The van der Waals surface area contributed by atoms with E-state index in [1.807, 2.05) is 0 Å². The zero-order valence-corrected chi connectivity index (χ0v) is 25.3. The summed E-state index contributed by atoms with van der Waals surface area (Å²) in [6.07, 6.45) is 9.46. The molecule has 2 aliphatic carbocycles. The van der Waals surface area contributed by atoms with Gasteiger partial charge in [0.1, 0.15) is 11.5 Å². The van der Waals surface area contributed by atoms with Crippen molar-refractivity contribution in [1.82, 2.24) is 10.6 Å². The van der Waals surface area contributed by atoms with E-state index < -0.39 is 21.5 Å². The van der Waals surface area contributed by atoms with Gasteiger partial charge in [0.15, 0.2) is 0 Å². The quantitative estimate of drug-likeness (QED) is 0.100. The fourth-order valence-corrected chi connectivity index (χ4v) is 6.92. The molecule has 2 aliphatic heterocycles. The van der Waals surface area contributed by atoms with Gasteiger partial charge in [0.25, 0.3) is 0 Å². The molecule has 0 atom stereocenters. The summed E-state index contributed by atoms with van der Waals surface area (Å²) >= 11 is 12.3. The first-order chi connectivity index (χ1) is 20.1. The molecule has 0 radical (unpaired) electrons. The van der Waals surface area contributed by atoms with E-state index in [0.717, 1.165) is 64.2 Å². The maximum absolute atomic E-state index is 11.9. The highest BCUT2D eigenvalue weighted by Crippen LogP contribution is 2.52. The molecule has 17 heteroatoms. The average molecular weight is 662 g/mol. The number of anilines is 4. The molecule has 2 spiro atoms. The highest BCUT2D eigenvalue weighted by Gasteiger charge is 2.45. The SMILES string of the molecule is Nc1cc(Cl)c2c(c1O)C1(CCCCC1)NC(=O)N2.Nc1cc(Cl)c2c(c1O)C1(CCCCC1)NC(=O)N2.O=S(=O)(O)O. The maximum atomic E-state index is 11.9. The molecule has 6 rings (SSSR count). The number of carbonyl (C=O) groups excluding carboxylic acids is 2. The molecule has 236 valence electrons. The van der Waals surface area contributed by atoms with E-state index in [2.05, 4.69) is 21.3 Å². The Kier molecular flexibility index (Phi) is 9.32. The lowest BCUT2D eigenvalue weighted by Crippen LogP contribution is -2.52. The summed E-state index contributed by atoms with van der Waals surface area (Å²) in [5, 5.41) is 32.6. The van der Waals surface area contributed by atoms with Crippen LogP contribution in [0.2, 0.25) is 10.0 Å². The van der Waals surface area contributed by atoms with Gasteiger partial charge < -0.3 is 42.9 Å². The van der Waals surface area contributed by atoms with Crippen LogP contribution in [0.5, 0.6) is 11.5 Å². The van der Waals surface area contributed by atoms with Gasteiger partial charge in [-0.15, -0.1) is 0 Å². The van der Waals surface area contributed by atoms with Crippen LogP contribution in [0.4, 0.5) is 32.3 Å². The molecule has 0 aromatic heterocycles. The second-order valence-corrected chi connectivity index (χ2v) is 12.7. The van der Waals surface area contributed by atoms with Gasteiger partial charge in [-0.1, -0.05) is 61.7 Å². The van der Waals surface area contributed by atoms with E-state index in [0.29, 0.717) is 32.5 Å². The second kappa shape index (κ2) is 12.3. The van der Waals surface area contributed by atoms with Crippen LogP contribution >= 0.6 is 23.2 Å². The van der Waals surface area contributed by atoms with Gasteiger partial charge in [0.05, 0.1) is 43.9 Å². The van der Waals surface area contributed by atoms with Gasteiger partial charge in [-0.3, -0.25) is 9.11 Å². The number of carbonyl (C=O) groups is 2. The van der Waals surface area contributed by atoms with Crippen LogP contribution in [-0.2, 0) is 21.5 Å². The molecule has 2 aromatic carbocycles. The van der Waals surface area contributed by atoms with Crippen molar-refractivity contribution in [1.29, 1.82) is 0 Å². The van der Waals surface area contributed by atoms with Crippen LogP contribution in [0.25, 0.3) is 0 Å². The molecule has 43 heavy (non-hydrogen) atoms. The molecular formula is C26H34Cl2N6O8S. The lowest BCUT2D eigenvalue weighted by Gasteiger charge is -2.43. The van der Waals surface area contributed by atoms with Gasteiger partial charge >= 0.3 is 22.5 Å². The van der Waals surface area contributed by atoms with Crippen molar-refractivity contribution in [2.45, 2.75) is 75.3 Å². The molecule has 14 nitrogen and oxygen atoms in total. The monoisotopic (exact) mass is 660 g/mol. The molecule has 0 bridgehead atoms. The highest BCUT2D eigenvalue weighted by atomic mass is 35.5. The van der Waals surface area contributed by atoms with Crippen molar-refractivity contribution in [2.24, 2.45) is 0 Å². The van der Waals surface area contributed by atoms with Crippen LogP contribution < -0.4 is 32.7 Å². The van der Waals surface area contributed by atoms with Gasteiger partial charge in [-0.2, -0.15) is 8.42 Å². The number of halogens is 2. The molecular weight excluding hydrogens is 627 g/mol. The molecule has 0 saturated heterocycles. The van der Waals surface area contributed by atoms with Crippen LogP contribution in [0.15, 0.2) is 12.1 Å². The zero-order valence-electron chi connectivity index (χ0n) is 23.0. The fourth-order valence-electron chi connectivity index (χ4n) is 6.40. The third-order valence-corrected chi connectivity index (χ3v) is 8.71. The molecule has 0 unspecified atom stereocenters. The number of phenols is 2. The minimum Gasteiger partial charge on any atom is -0.505 e. The molecule has 2 aromatic rings. The van der Waals surface area contributed by atoms with E-state index in [1.54, 1.807) is 0 Å². The smallest absolute Gasteiger partial charge is 0.394 e. The van der Waals surface area contributed by atoms with Crippen LogP contribution in [0, 0.1) is 0 Å². The van der Waals surface area contributed by atoms with Gasteiger partial charge in [-0.25, -0.2) is 9.59 Å². The van der Waals surface area contributed by atoms with E-state index in [1.165, 1.54) is 12.1 Å². The zero-order chi connectivity index (χ0) is 31.7. The van der Waals surface area contributed by atoms with E-state index in [-0.39, 0.29) is 34.9 Å². The number of amides is 4. The summed E-state index contributed by atoms with van der Waals surface area (Å²) < 4.78 is 31.6. The van der Waals surface area contributed by atoms with Crippen molar-refractivity contribution < 1.29 is 37.3 Å². The topological polar surface area (TPSA) is 249 Å². The number of phenolic OH excluding ortho intramolecular Hbond substituents is 2. The number of hydrogen-bond acceptors (Lipinski definition) is 8. The van der Waals surface area contributed by atoms with Gasteiger partial charge in [-0.05, 0) is 37.8 Å². The fraction of sp³-hybridized carbons (Fsp3) is 0.462. The molecule has 2 fully saturated rings. The van der Waals surface area contributed by atoms with Crippen LogP contribution in [-0.4, -0.2) is 39.8 Å². The lowest BCUT2D eigenvalue weighted by atomic mass is 9.74. The minimum absolute atomic E-state index is 0.0220. The number of nitrogens with two attached hydrogens (primary N) is 2. The van der Waals surface area contributed by atoms with Crippen molar-refractivity contribution in [3.8, 4) is 11.5 Å². The number of urea groups is 2.